The third-order valence-corrected chi connectivity index (χ3v) is 4.63. The third-order valence-electron chi connectivity index (χ3n) is 3.35. The number of rotatable bonds is 6. The maximum absolute atomic E-state index is 11.9. The molecule has 0 unspecified atom stereocenters. The zero-order valence-corrected chi connectivity index (χ0v) is 14.7. The van der Waals surface area contributed by atoms with Crippen LogP contribution >= 0.6 is 22.9 Å². The molecule has 0 aliphatic rings. The van der Waals surface area contributed by atoms with Crippen LogP contribution in [0.2, 0.25) is 5.02 Å². The van der Waals surface area contributed by atoms with Crippen molar-refractivity contribution in [3.8, 4) is 11.5 Å². The number of nitrogens with one attached hydrogen (secondary N) is 1. The SMILES string of the molecule is O=C(COc1ccccc1O)Nc1ncc(Cc2ccccc2Cl)s1. The molecule has 128 valence electrons. The molecule has 0 atom stereocenters. The van der Waals surface area contributed by atoms with Gasteiger partial charge in [-0.1, -0.05) is 41.9 Å². The second-order valence-electron chi connectivity index (χ2n) is 5.20. The minimum atomic E-state index is -0.345. The Morgan fingerprint density at radius 3 is 2.76 bits per heavy atom. The largest absolute Gasteiger partial charge is 0.504 e. The third kappa shape index (κ3) is 4.71. The van der Waals surface area contributed by atoms with E-state index in [0.717, 1.165) is 10.4 Å². The number of benzene rings is 2. The van der Waals surface area contributed by atoms with Crippen LogP contribution in [0, 0.1) is 0 Å². The molecule has 2 aromatic carbocycles. The molecular formula is C18H15ClN2O3S. The molecule has 3 aromatic rings. The lowest BCUT2D eigenvalue weighted by Gasteiger charge is -2.07. The standard InChI is InChI=1S/C18H15ClN2O3S/c19-14-6-2-1-5-12(14)9-13-10-20-18(25-13)21-17(23)11-24-16-8-4-3-7-15(16)22/h1-8,10,22H,9,11H2,(H,20,21,23). The Balaban J connectivity index is 1.55. The van der Waals surface area contributed by atoms with Crippen molar-refractivity contribution in [1.29, 1.82) is 0 Å². The van der Waals surface area contributed by atoms with Gasteiger partial charge < -0.3 is 9.84 Å². The molecule has 0 aliphatic carbocycles. The Kier molecular flexibility index (Phi) is 5.53. The summed E-state index contributed by atoms with van der Waals surface area (Å²) < 4.78 is 5.29. The minimum Gasteiger partial charge on any atom is -0.504 e. The van der Waals surface area contributed by atoms with Crippen molar-refractivity contribution >= 4 is 34.0 Å². The maximum atomic E-state index is 11.9. The molecule has 1 heterocycles. The van der Waals surface area contributed by atoms with Crippen molar-refractivity contribution in [2.24, 2.45) is 0 Å². The first-order chi connectivity index (χ1) is 12.1. The Bertz CT molecular complexity index is 882. The number of amides is 1. The zero-order chi connectivity index (χ0) is 17.6. The molecule has 0 fully saturated rings. The Morgan fingerprint density at radius 1 is 1.20 bits per heavy atom. The monoisotopic (exact) mass is 374 g/mol. The van der Waals surface area contributed by atoms with Crippen molar-refractivity contribution in [1.82, 2.24) is 4.98 Å². The predicted molar refractivity (Wildman–Crippen MR) is 98.6 cm³/mol. The van der Waals surface area contributed by atoms with Gasteiger partial charge in [0, 0.05) is 22.5 Å². The molecule has 2 N–H and O–H groups in total. The molecule has 1 aromatic heterocycles. The Morgan fingerprint density at radius 2 is 1.96 bits per heavy atom. The Hall–Kier alpha value is -2.57. The van der Waals surface area contributed by atoms with Crippen molar-refractivity contribution in [2.45, 2.75) is 6.42 Å². The lowest BCUT2D eigenvalue weighted by atomic mass is 10.1. The van der Waals surface area contributed by atoms with Crippen LogP contribution < -0.4 is 10.1 Å². The van der Waals surface area contributed by atoms with E-state index in [0.29, 0.717) is 16.6 Å². The molecular weight excluding hydrogens is 360 g/mol. The smallest absolute Gasteiger partial charge is 0.264 e. The van der Waals surface area contributed by atoms with Gasteiger partial charge in [-0.05, 0) is 23.8 Å². The molecule has 1 amide bonds. The number of hydrogen-bond donors (Lipinski definition) is 2. The summed E-state index contributed by atoms with van der Waals surface area (Å²) in [7, 11) is 0. The van der Waals surface area contributed by atoms with Crippen LogP contribution in [0.25, 0.3) is 0 Å². The second-order valence-corrected chi connectivity index (χ2v) is 6.73. The van der Waals surface area contributed by atoms with Crippen LogP contribution in [-0.4, -0.2) is 22.6 Å². The minimum absolute atomic E-state index is 0.00780. The fourth-order valence-electron chi connectivity index (χ4n) is 2.15. The molecule has 0 radical (unpaired) electrons. The van der Waals surface area contributed by atoms with Crippen LogP contribution in [0.5, 0.6) is 11.5 Å². The highest BCUT2D eigenvalue weighted by Gasteiger charge is 2.10. The number of para-hydroxylation sites is 2. The number of carbonyl (C=O) groups excluding carboxylic acids is 1. The van der Waals surface area contributed by atoms with E-state index in [2.05, 4.69) is 10.3 Å². The molecule has 0 spiro atoms. The quantitative estimate of drug-likeness (QED) is 0.681. The summed E-state index contributed by atoms with van der Waals surface area (Å²) in [6, 6.07) is 14.1. The van der Waals surface area contributed by atoms with Gasteiger partial charge in [-0.15, -0.1) is 11.3 Å². The number of aromatic nitrogens is 1. The molecule has 0 saturated heterocycles. The van der Waals surface area contributed by atoms with Crippen molar-refractivity contribution in [3.63, 3.8) is 0 Å². The summed E-state index contributed by atoms with van der Waals surface area (Å²) in [6.45, 7) is -0.211. The Labute approximate surface area is 153 Å². The van der Waals surface area contributed by atoms with E-state index in [1.807, 2.05) is 24.3 Å². The van der Waals surface area contributed by atoms with Crippen LogP contribution in [0.15, 0.2) is 54.7 Å². The molecule has 7 heteroatoms. The number of thiazole rings is 1. The molecule has 0 saturated carbocycles. The molecule has 3 rings (SSSR count). The second kappa shape index (κ2) is 8.00. The van der Waals surface area contributed by atoms with Gasteiger partial charge in [0.05, 0.1) is 0 Å². The van der Waals surface area contributed by atoms with Crippen LogP contribution in [0.3, 0.4) is 0 Å². The van der Waals surface area contributed by atoms with E-state index in [1.165, 1.54) is 17.4 Å². The number of halogens is 1. The number of hydrogen-bond acceptors (Lipinski definition) is 5. The summed E-state index contributed by atoms with van der Waals surface area (Å²) in [5.41, 5.74) is 1.01. The molecule has 25 heavy (non-hydrogen) atoms. The number of phenols is 1. The first kappa shape index (κ1) is 17.3. The number of aromatic hydroxyl groups is 1. The highest BCUT2D eigenvalue weighted by atomic mass is 35.5. The summed E-state index contributed by atoms with van der Waals surface area (Å²) >= 11 is 7.54. The highest BCUT2D eigenvalue weighted by molar-refractivity contribution is 7.15. The maximum Gasteiger partial charge on any atom is 0.264 e. The van der Waals surface area contributed by atoms with E-state index in [9.17, 15) is 9.90 Å². The van der Waals surface area contributed by atoms with Gasteiger partial charge in [-0.2, -0.15) is 0 Å². The summed E-state index contributed by atoms with van der Waals surface area (Å²) in [5.74, 6) is -0.0929. The average Bonchev–Trinajstić information content (AvgIpc) is 3.03. The van der Waals surface area contributed by atoms with E-state index in [1.54, 1.807) is 24.4 Å². The summed E-state index contributed by atoms with van der Waals surface area (Å²) in [4.78, 5) is 17.1. The van der Waals surface area contributed by atoms with Crippen molar-refractivity contribution in [3.05, 3.63) is 70.2 Å². The van der Waals surface area contributed by atoms with Gasteiger partial charge in [-0.3, -0.25) is 10.1 Å². The predicted octanol–water partition coefficient (Wildman–Crippen LogP) is 4.11. The zero-order valence-electron chi connectivity index (χ0n) is 13.1. The van der Waals surface area contributed by atoms with Crippen molar-refractivity contribution < 1.29 is 14.6 Å². The lowest BCUT2D eigenvalue weighted by molar-refractivity contribution is -0.118. The topological polar surface area (TPSA) is 71.5 Å². The van der Waals surface area contributed by atoms with Gasteiger partial charge in [0.2, 0.25) is 0 Å². The van der Waals surface area contributed by atoms with Gasteiger partial charge >= 0.3 is 0 Å². The lowest BCUT2D eigenvalue weighted by Crippen LogP contribution is -2.20. The van der Waals surface area contributed by atoms with E-state index in [-0.39, 0.29) is 24.0 Å². The average molecular weight is 375 g/mol. The summed E-state index contributed by atoms with van der Waals surface area (Å²) in [5, 5.41) is 13.5. The van der Waals surface area contributed by atoms with E-state index in [4.69, 9.17) is 16.3 Å². The number of phenolic OH excluding ortho intramolecular Hbond substituents is 1. The van der Waals surface area contributed by atoms with Crippen LogP contribution in [-0.2, 0) is 11.2 Å². The fraction of sp³-hybridized carbons (Fsp3) is 0.111. The van der Waals surface area contributed by atoms with E-state index < -0.39 is 0 Å². The molecule has 5 nitrogen and oxygen atoms in total. The van der Waals surface area contributed by atoms with Crippen molar-refractivity contribution in [2.75, 3.05) is 11.9 Å². The van der Waals surface area contributed by atoms with Crippen LogP contribution in [0.1, 0.15) is 10.4 Å². The molecule has 0 bridgehead atoms. The summed E-state index contributed by atoms with van der Waals surface area (Å²) in [6.07, 6.45) is 2.37. The van der Waals surface area contributed by atoms with Gasteiger partial charge in [-0.25, -0.2) is 4.98 Å². The van der Waals surface area contributed by atoms with E-state index >= 15 is 0 Å². The van der Waals surface area contributed by atoms with Gasteiger partial charge in [0.25, 0.3) is 5.91 Å². The number of anilines is 1. The number of ether oxygens (including phenoxy) is 1. The van der Waals surface area contributed by atoms with Gasteiger partial charge in [0.1, 0.15) is 0 Å². The first-order valence-corrected chi connectivity index (χ1v) is 8.70. The van der Waals surface area contributed by atoms with Crippen LogP contribution in [0.4, 0.5) is 5.13 Å². The number of carbonyl (C=O) groups is 1. The normalized spacial score (nSPS) is 10.4. The fourth-order valence-corrected chi connectivity index (χ4v) is 3.21. The number of nitrogens with zero attached hydrogens (tertiary/aromatic N) is 1. The first-order valence-electron chi connectivity index (χ1n) is 7.50. The molecule has 0 aliphatic heterocycles. The highest BCUT2D eigenvalue weighted by Crippen LogP contribution is 2.26. The van der Waals surface area contributed by atoms with Gasteiger partial charge in [0.15, 0.2) is 23.2 Å².